The van der Waals surface area contributed by atoms with Gasteiger partial charge < -0.3 is 10.1 Å². The minimum Gasteiger partial charge on any atom is -0.378 e. The van der Waals surface area contributed by atoms with Crippen molar-refractivity contribution in [1.29, 1.82) is 0 Å². The summed E-state index contributed by atoms with van der Waals surface area (Å²) >= 11 is 0. The maximum absolute atomic E-state index is 5.64. The molecule has 1 fully saturated rings. The zero-order chi connectivity index (χ0) is 10.2. The highest BCUT2D eigenvalue weighted by atomic mass is 16.5. The maximum atomic E-state index is 5.64. The van der Waals surface area contributed by atoms with Gasteiger partial charge in [-0.3, -0.25) is 0 Å². The van der Waals surface area contributed by atoms with E-state index in [1.807, 2.05) is 0 Å². The first-order valence-corrected chi connectivity index (χ1v) is 5.68. The number of terminal acetylenes is 1. The van der Waals surface area contributed by atoms with E-state index in [2.05, 4.69) is 18.2 Å². The molecule has 2 heteroatoms. The van der Waals surface area contributed by atoms with Crippen LogP contribution in [0.2, 0.25) is 0 Å². The third-order valence-electron chi connectivity index (χ3n) is 2.74. The lowest BCUT2D eigenvalue weighted by Gasteiger charge is -2.23. The normalized spacial score (nSPS) is 24.1. The first kappa shape index (κ1) is 11.6. The molecule has 2 atom stereocenters. The van der Waals surface area contributed by atoms with Crippen LogP contribution in [0.3, 0.4) is 0 Å². The first-order chi connectivity index (χ1) is 6.86. The van der Waals surface area contributed by atoms with E-state index < -0.39 is 0 Å². The number of hydrogen-bond donors (Lipinski definition) is 1. The van der Waals surface area contributed by atoms with E-state index in [4.69, 9.17) is 11.2 Å². The van der Waals surface area contributed by atoms with Crippen molar-refractivity contribution < 1.29 is 4.74 Å². The van der Waals surface area contributed by atoms with Gasteiger partial charge in [-0.25, -0.2) is 0 Å². The van der Waals surface area contributed by atoms with E-state index in [0.717, 1.165) is 26.0 Å². The molecule has 2 nitrogen and oxygen atoms in total. The van der Waals surface area contributed by atoms with Crippen molar-refractivity contribution in [2.45, 2.75) is 51.2 Å². The molecule has 0 aromatic carbocycles. The zero-order valence-corrected chi connectivity index (χ0v) is 9.09. The fourth-order valence-electron chi connectivity index (χ4n) is 1.77. The van der Waals surface area contributed by atoms with Gasteiger partial charge in [0.25, 0.3) is 0 Å². The Morgan fingerprint density at radius 3 is 3.00 bits per heavy atom. The predicted octanol–water partition coefficient (Wildman–Crippen LogP) is 1.95. The molecule has 1 rings (SSSR count). The van der Waals surface area contributed by atoms with Crippen molar-refractivity contribution in [2.75, 3.05) is 13.2 Å². The highest BCUT2D eigenvalue weighted by Gasteiger charge is 2.13. The Labute approximate surface area is 87.4 Å². The van der Waals surface area contributed by atoms with Crippen LogP contribution < -0.4 is 5.32 Å². The molecule has 0 amide bonds. The lowest BCUT2D eigenvalue weighted by Crippen LogP contribution is -2.31. The van der Waals surface area contributed by atoms with Crippen molar-refractivity contribution in [1.82, 2.24) is 5.32 Å². The second-order valence-electron chi connectivity index (χ2n) is 3.86. The van der Waals surface area contributed by atoms with E-state index in [1.165, 1.54) is 19.3 Å². The topological polar surface area (TPSA) is 21.3 Å². The molecule has 0 aromatic heterocycles. The molecule has 0 aliphatic carbocycles. The molecule has 1 aliphatic heterocycles. The summed E-state index contributed by atoms with van der Waals surface area (Å²) in [5, 5.41) is 3.35. The lowest BCUT2D eigenvalue weighted by molar-refractivity contribution is 0.0114. The quantitative estimate of drug-likeness (QED) is 0.677. The van der Waals surface area contributed by atoms with Gasteiger partial charge in [0.1, 0.15) is 0 Å². The molecule has 0 spiro atoms. The fourth-order valence-corrected chi connectivity index (χ4v) is 1.77. The Kier molecular flexibility index (Phi) is 5.66. The number of nitrogens with one attached hydrogen (secondary N) is 1. The van der Waals surface area contributed by atoms with Crippen LogP contribution in [0.4, 0.5) is 0 Å². The van der Waals surface area contributed by atoms with Gasteiger partial charge in [0.15, 0.2) is 0 Å². The third kappa shape index (κ3) is 4.13. The van der Waals surface area contributed by atoms with E-state index >= 15 is 0 Å². The molecular formula is C12H21NO. The van der Waals surface area contributed by atoms with Gasteiger partial charge in [0.05, 0.1) is 12.1 Å². The summed E-state index contributed by atoms with van der Waals surface area (Å²) < 4.78 is 5.64. The first-order valence-electron chi connectivity index (χ1n) is 5.68. The number of ether oxygens (including phenoxy) is 1. The van der Waals surface area contributed by atoms with Crippen LogP contribution in [0.25, 0.3) is 0 Å². The van der Waals surface area contributed by atoms with Crippen molar-refractivity contribution in [2.24, 2.45) is 0 Å². The Hall–Kier alpha value is -0.520. The molecule has 1 N–H and O–H groups in total. The Morgan fingerprint density at radius 2 is 2.43 bits per heavy atom. The average Bonchev–Trinajstić information content (AvgIpc) is 2.26. The second-order valence-corrected chi connectivity index (χ2v) is 3.86. The summed E-state index contributed by atoms with van der Waals surface area (Å²) in [7, 11) is 0. The monoisotopic (exact) mass is 195 g/mol. The standard InChI is InChI=1S/C12H21NO/c1-3-11(4-2)13-9-8-12-7-5-6-10-14-12/h1,11-13H,4-10H2,2H3. The summed E-state index contributed by atoms with van der Waals surface area (Å²) in [5.74, 6) is 2.74. The van der Waals surface area contributed by atoms with Gasteiger partial charge in [0.2, 0.25) is 0 Å². The Bertz CT molecular complexity index is 179. The molecule has 1 saturated heterocycles. The SMILES string of the molecule is C#CC(CC)NCCC1CCCCO1. The molecule has 80 valence electrons. The minimum absolute atomic E-state index is 0.235. The summed E-state index contributed by atoms with van der Waals surface area (Å²) in [6, 6.07) is 0.235. The van der Waals surface area contributed by atoms with Gasteiger partial charge >= 0.3 is 0 Å². The van der Waals surface area contributed by atoms with E-state index in [9.17, 15) is 0 Å². The van der Waals surface area contributed by atoms with Crippen LogP contribution in [-0.4, -0.2) is 25.3 Å². The van der Waals surface area contributed by atoms with E-state index in [1.54, 1.807) is 0 Å². The largest absolute Gasteiger partial charge is 0.378 e. The van der Waals surface area contributed by atoms with Crippen molar-refractivity contribution in [3.05, 3.63) is 0 Å². The molecule has 14 heavy (non-hydrogen) atoms. The van der Waals surface area contributed by atoms with Gasteiger partial charge in [-0.15, -0.1) is 6.42 Å². The van der Waals surface area contributed by atoms with E-state index in [-0.39, 0.29) is 6.04 Å². The van der Waals surface area contributed by atoms with Gasteiger partial charge in [-0.1, -0.05) is 12.8 Å². The summed E-state index contributed by atoms with van der Waals surface area (Å²) in [6.07, 6.45) is 11.7. The van der Waals surface area contributed by atoms with E-state index in [0.29, 0.717) is 6.10 Å². The number of rotatable bonds is 5. The van der Waals surface area contributed by atoms with Gasteiger partial charge in [-0.2, -0.15) is 0 Å². The van der Waals surface area contributed by atoms with Crippen LogP contribution in [-0.2, 0) is 4.74 Å². The average molecular weight is 195 g/mol. The zero-order valence-electron chi connectivity index (χ0n) is 9.09. The highest BCUT2D eigenvalue weighted by Crippen LogP contribution is 2.14. The Balaban J connectivity index is 2.05. The smallest absolute Gasteiger partial charge is 0.0684 e. The van der Waals surface area contributed by atoms with Crippen LogP contribution in [0.5, 0.6) is 0 Å². The highest BCUT2D eigenvalue weighted by molar-refractivity contribution is 4.97. The third-order valence-corrected chi connectivity index (χ3v) is 2.74. The van der Waals surface area contributed by atoms with Crippen molar-refractivity contribution >= 4 is 0 Å². The molecule has 0 radical (unpaired) electrons. The molecule has 2 unspecified atom stereocenters. The molecule has 0 bridgehead atoms. The number of hydrogen-bond acceptors (Lipinski definition) is 2. The Morgan fingerprint density at radius 1 is 1.57 bits per heavy atom. The predicted molar refractivity (Wildman–Crippen MR) is 59.1 cm³/mol. The van der Waals surface area contributed by atoms with Crippen LogP contribution in [0.15, 0.2) is 0 Å². The molecule has 0 aromatic rings. The minimum atomic E-state index is 0.235. The van der Waals surface area contributed by atoms with Crippen molar-refractivity contribution in [3.63, 3.8) is 0 Å². The molecule has 0 saturated carbocycles. The van der Waals surface area contributed by atoms with Gasteiger partial charge in [0, 0.05) is 6.61 Å². The molecular weight excluding hydrogens is 174 g/mol. The summed E-state index contributed by atoms with van der Waals surface area (Å²) in [5.41, 5.74) is 0. The van der Waals surface area contributed by atoms with Crippen molar-refractivity contribution in [3.8, 4) is 12.3 Å². The molecule has 1 heterocycles. The lowest BCUT2D eigenvalue weighted by atomic mass is 10.1. The molecule has 1 aliphatic rings. The maximum Gasteiger partial charge on any atom is 0.0684 e. The van der Waals surface area contributed by atoms with Crippen LogP contribution >= 0.6 is 0 Å². The van der Waals surface area contributed by atoms with Gasteiger partial charge in [-0.05, 0) is 38.6 Å². The second kappa shape index (κ2) is 6.86. The van der Waals surface area contributed by atoms with Crippen LogP contribution in [0.1, 0.15) is 39.0 Å². The summed E-state index contributed by atoms with van der Waals surface area (Å²) in [6.45, 7) is 4.03. The van der Waals surface area contributed by atoms with Crippen LogP contribution in [0, 0.1) is 12.3 Å². The summed E-state index contributed by atoms with van der Waals surface area (Å²) in [4.78, 5) is 0. The fraction of sp³-hybridized carbons (Fsp3) is 0.833.